The Balaban J connectivity index is 1.56. The van der Waals surface area contributed by atoms with E-state index in [0.717, 1.165) is 29.2 Å². The lowest BCUT2D eigenvalue weighted by atomic mass is 9.84. The molecule has 1 fully saturated rings. The highest BCUT2D eigenvalue weighted by Gasteiger charge is 2.21. The summed E-state index contributed by atoms with van der Waals surface area (Å²) in [6, 6.07) is 16.2. The fourth-order valence-corrected chi connectivity index (χ4v) is 4.70. The van der Waals surface area contributed by atoms with Gasteiger partial charge in [0.25, 0.3) is 0 Å². The largest absolute Gasteiger partial charge is 0.497 e. The number of hydrogen-bond acceptors (Lipinski definition) is 4. The third-order valence-corrected chi connectivity index (χ3v) is 6.37. The molecule has 3 N–H and O–H groups in total. The first-order chi connectivity index (χ1) is 15.5. The molecule has 1 saturated carbocycles. The fraction of sp³-hybridized carbons (Fsp3) is 0.519. The first kappa shape index (κ1) is 24.3. The first-order valence-electron chi connectivity index (χ1n) is 11.9. The average Bonchev–Trinajstić information content (AvgIpc) is 2.79. The highest BCUT2D eigenvalue weighted by molar-refractivity contribution is 5.73. The maximum absolute atomic E-state index is 11.8. The van der Waals surface area contributed by atoms with Crippen LogP contribution in [-0.2, 0) is 24.2 Å². The Hall–Kier alpha value is -2.37. The number of amides is 1. The number of rotatable bonds is 11. The zero-order chi connectivity index (χ0) is 22.8. The van der Waals surface area contributed by atoms with Crippen molar-refractivity contribution in [2.75, 3.05) is 13.7 Å². The van der Waals surface area contributed by atoms with Crippen molar-refractivity contribution in [2.24, 2.45) is 5.92 Å². The molecule has 174 valence electrons. The summed E-state index contributed by atoms with van der Waals surface area (Å²) < 4.78 is 5.26. The monoisotopic (exact) mass is 438 g/mol. The molecule has 2 unspecified atom stereocenters. The molecule has 5 nitrogen and oxygen atoms in total. The van der Waals surface area contributed by atoms with Crippen LogP contribution in [0.1, 0.15) is 55.7 Å². The van der Waals surface area contributed by atoms with E-state index >= 15 is 0 Å². The fourth-order valence-electron chi connectivity index (χ4n) is 4.70. The van der Waals surface area contributed by atoms with Gasteiger partial charge in [-0.3, -0.25) is 4.79 Å². The molecule has 2 aromatic rings. The van der Waals surface area contributed by atoms with Gasteiger partial charge in [0.05, 0.1) is 19.3 Å². The number of aliphatic hydroxyl groups excluding tert-OH is 1. The molecular formula is C27H38N2O3. The van der Waals surface area contributed by atoms with Crippen LogP contribution in [-0.4, -0.2) is 36.8 Å². The van der Waals surface area contributed by atoms with Gasteiger partial charge in [-0.2, -0.15) is 0 Å². The van der Waals surface area contributed by atoms with Crippen LogP contribution in [0.25, 0.3) is 0 Å². The summed E-state index contributed by atoms with van der Waals surface area (Å²) in [6.07, 6.45) is 7.79. The third-order valence-electron chi connectivity index (χ3n) is 6.37. The van der Waals surface area contributed by atoms with Crippen LogP contribution in [0.5, 0.6) is 5.75 Å². The summed E-state index contributed by atoms with van der Waals surface area (Å²) in [5.74, 6) is 1.48. The molecule has 1 aliphatic rings. The highest BCUT2D eigenvalue weighted by atomic mass is 16.5. The van der Waals surface area contributed by atoms with E-state index in [9.17, 15) is 9.90 Å². The van der Waals surface area contributed by atoms with Crippen molar-refractivity contribution in [1.29, 1.82) is 0 Å². The van der Waals surface area contributed by atoms with E-state index in [2.05, 4.69) is 34.9 Å². The number of ether oxygens (including phenoxy) is 1. The van der Waals surface area contributed by atoms with Crippen LogP contribution in [0.3, 0.4) is 0 Å². The number of aliphatic hydroxyl groups is 1. The van der Waals surface area contributed by atoms with E-state index in [1.54, 1.807) is 7.11 Å². The van der Waals surface area contributed by atoms with Crippen LogP contribution < -0.4 is 15.4 Å². The molecule has 0 heterocycles. The summed E-state index contributed by atoms with van der Waals surface area (Å²) >= 11 is 0. The van der Waals surface area contributed by atoms with E-state index in [-0.39, 0.29) is 11.9 Å². The molecule has 0 aliphatic heterocycles. The van der Waals surface area contributed by atoms with Crippen molar-refractivity contribution in [3.63, 3.8) is 0 Å². The molecule has 0 aromatic heterocycles. The summed E-state index contributed by atoms with van der Waals surface area (Å²) in [5.41, 5.74) is 3.61. The van der Waals surface area contributed by atoms with Gasteiger partial charge < -0.3 is 20.5 Å². The second-order valence-electron chi connectivity index (χ2n) is 9.09. The molecule has 2 aromatic carbocycles. The quantitative estimate of drug-likeness (QED) is 0.496. The lowest BCUT2D eigenvalue weighted by Gasteiger charge is -2.25. The maximum Gasteiger partial charge on any atom is 0.217 e. The van der Waals surface area contributed by atoms with Crippen molar-refractivity contribution in [2.45, 2.75) is 70.6 Å². The van der Waals surface area contributed by atoms with Gasteiger partial charge in [0.1, 0.15) is 5.75 Å². The van der Waals surface area contributed by atoms with Crippen LogP contribution in [0.2, 0.25) is 0 Å². The van der Waals surface area contributed by atoms with Gasteiger partial charge in [0, 0.05) is 20.0 Å². The van der Waals surface area contributed by atoms with Crippen molar-refractivity contribution in [3.05, 3.63) is 65.2 Å². The van der Waals surface area contributed by atoms with Gasteiger partial charge >= 0.3 is 0 Å². The van der Waals surface area contributed by atoms with E-state index < -0.39 is 6.10 Å². The van der Waals surface area contributed by atoms with E-state index in [0.29, 0.717) is 19.5 Å². The summed E-state index contributed by atoms with van der Waals surface area (Å²) in [7, 11) is 1.65. The van der Waals surface area contributed by atoms with Gasteiger partial charge in [-0.15, -0.1) is 0 Å². The Morgan fingerprint density at radius 3 is 2.53 bits per heavy atom. The smallest absolute Gasteiger partial charge is 0.217 e. The van der Waals surface area contributed by atoms with Crippen molar-refractivity contribution in [3.8, 4) is 5.75 Å². The number of methoxy groups -OCH3 is 1. The molecule has 32 heavy (non-hydrogen) atoms. The van der Waals surface area contributed by atoms with Crippen LogP contribution >= 0.6 is 0 Å². The molecule has 0 spiro atoms. The second kappa shape index (κ2) is 12.6. The van der Waals surface area contributed by atoms with Crippen LogP contribution in [0.4, 0.5) is 0 Å². The number of hydrogen-bond donors (Lipinski definition) is 3. The minimum atomic E-state index is -0.688. The average molecular weight is 439 g/mol. The molecule has 0 radical (unpaired) electrons. The van der Waals surface area contributed by atoms with Gasteiger partial charge in [-0.05, 0) is 47.6 Å². The van der Waals surface area contributed by atoms with E-state index in [4.69, 9.17) is 4.74 Å². The molecule has 2 atom stereocenters. The number of nitrogens with one attached hydrogen (secondary N) is 2. The Labute approximate surface area is 192 Å². The maximum atomic E-state index is 11.8. The highest BCUT2D eigenvalue weighted by Crippen LogP contribution is 2.27. The van der Waals surface area contributed by atoms with Crippen molar-refractivity contribution < 1.29 is 14.6 Å². The van der Waals surface area contributed by atoms with E-state index in [1.165, 1.54) is 44.6 Å². The van der Waals surface area contributed by atoms with Crippen LogP contribution in [0.15, 0.2) is 48.5 Å². The summed E-state index contributed by atoms with van der Waals surface area (Å²) in [6.45, 7) is 2.52. The lowest BCUT2D eigenvalue weighted by molar-refractivity contribution is -0.120. The number of carbonyl (C=O) groups excluding carboxylic acids is 1. The minimum Gasteiger partial charge on any atom is -0.497 e. The third kappa shape index (κ3) is 7.95. The minimum absolute atomic E-state index is 0.125. The molecule has 1 amide bonds. The molecule has 5 heteroatoms. The molecule has 0 saturated heterocycles. The SMILES string of the molecule is COc1cccc(CNCC(O)C(Cc2cccc(CC3CCCCC3)c2)NC(C)=O)c1. The predicted octanol–water partition coefficient (Wildman–Crippen LogP) is 4.02. The van der Waals surface area contributed by atoms with Crippen molar-refractivity contribution in [1.82, 2.24) is 10.6 Å². The zero-order valence-corrected chi connectivity index (χ0v) is 19.5. The lowest BCUT2D eigenvalue weighted by Crippen LogP contribution is -2.48. The summed E-state index contributed by atoms with van der Waals surface area (Å²) in [4.78, 5) is 11.8. The Morgan fingerprint density at radius 2 is 1.78 bits per heavy atom. The van der Waals surface area contributed by atoms with Gasteiger partial charge in [-0.25, -0.2) is 0 Å². The topological polar surface area (TPSA) is 70.6 Å². The number of benzene rings is 2. The molecule has 1 aliphatic carbocycles. The summed E-state index contributed by atoms with van der Waals surface area (Å²) in [5, 5.41) is 17.1. The van der Waals surface area contributed by atoms with E-state index in [1.807, 2.05) is 24.3 Å². The Morgan fingerprint density at radius 1 is 1.06 bits per heavy atom. The normalized spacial score (nSPS) is 16.3. The Bertz CT molecular complexity index is 848. The molecule has 3 rings (SSSR count). The zero-order valence-electron chi connectivity index (χ0n) is 19.5. The number of carbonyl (C=O) groups is 1. The second-order valence-corrected chi connectivity index (χ2v) is 9.09. The first-order valence-corrected chi connectivity index (χ1v) is 11.9. The van der Waals surface area contributed by atoms with Gasteiger partial charge in [-0.1, -0.05) is 68.5 Å². The van der Waals surface area contributed by atoms with Gasteiger partial charge in [0.15, 0.2) is 0 Å². The predicted molar refractivity (Wildman–Crippen MR) is 129 cm³/mol. The van der Waals surface area contributed by atoms with Gasteiger partial charge in [0.2, 0.25) is 5.91 Å². The molecular weight excluding hydrogens is 400 g/mol. The van der Waals surface area contributed by atoms with Crippen molar-refractivity contribution >= 4 is 5.91 Å². The molecule has 0 bridgehead atoms. The standard InChI is InChI=1S/C27H38N2O3/c1-20(30)29-26(27(31)19-28-18-24-12-7-13-25(16-24)32-2)17-23-11-6-10-22(15-23)14-21-8-4-3-5-9-21/h6-7,10-13,15-16,21,26-28,31H,3-5,8-9,14,17-19H2,1-2H3,(H,29,30). The van der Waals surface area contributed by atoms with Crippen LogP contribution in [0, 0.1) is 5.92 Å². The Kier molecular flexibility index (Phi) is 9.57.